The Hall–Kier alpha value is -3.67. The van der Waals surface area contributed by atoms with E-state index in [0.29, 0.717) is 47.3 Å². The molecule has 1 amide bonds. The van der Waals surface area contributed by atoms with E-state index < -0.39 is 0 Å². The molecule has 0 spiro atoms. The van der Waals surface area contributed by atoms with Gasteiger partial charge < -0.3 is 24.3 Å². The lowest BCUT2D eigenvalue weighted by molar-refractivity contribution is -0.116. The first-order chi connectivity index (χ1) is 14.6. The molecule has 30 heavy (non-hydrogen) atoms. The lowest BCUT2D eigenvalue weighted by atomic mass is 10.1. The summed E-state index contributed by atoms with van der Waals surface area (Å²) < 4.78 is 21.7. The Morgan fingerprint density at radius 3 is 2.07 bits per heavy atom. The van der Waals surface area contributed by atoms with Crippen molar-refractivity contribution in [3.63, 3.8) is 0 Å². The Labute approximate surface area is 176 Å². The highest BCUT2D eigenvalue weighted by molar-refractivity contribution is 5.90. The van der Waals surface area contributed by atoms with E-state index in [9.17, 15) is 4.79 Å². The van der Waals surface area contributed by atoms with E-state index >= 15 is 0 Å². The normalized spacial score (nSPS) is 10.2. The highest BCUT2D eigenvalue weighted by Crippen LogP contribution is 2.31. The second-order valence-electron chi connectivity index (χ2n) is 6.51. The largest absolute Gasteiger partial charge is 0.493 e. The average Bonchev–Trinajstić information content (AvgIpc) is 2.79. The molecule has 0 saturated heterocycles. The lowest BCUT2D eigenvalue weighted by Gasteiger charge is -2.11. The summed E-state index contributed by atoms with van der Waals surface area (Å²) in [5, 5.41) is 2.90. The van der Waals surface area contributed by atoms with Crippen molar-refractivity contribution in [2.45, 2.75) is 12.8 Å². The topological polar surface area (TPSA) is 66.0 Å². The molecule has 0 aliphatic rings. The molecule has 6 heteroatoms. The summed E-state index contributed by atoms with van der Waals surface area (Å²) in [7, 11) is 4.79. The van der Waals surface area contributed by atoms with Gasteiger partial charge in [-0.25, -0.2) is 0 Å². The molecule has 0 fully saturated rings. The maximum absolute atomic E-state index is 12.3. The summed E-state index contributed by atoms with van der Waals surface area (Å²) in [4.78, 5) is 12.3. The van der Waals surface area contributed by atoms with Crippen LogP contribution in [0, 0.1) is 0 Å². The van der Waals surface area contributed by atoms with Gasteiger partial charge in [0.2, 0.25) is 5.91 Å². The van der Waals surface area contributed by atoms with Gasteiger partial charge in [0.1, 0.15) is 5.75 Å². The Balaban J connectivity index is 1.54. The first-order valence-electron chi connectivity index (χ1n) is 9.54. The van der Waals surface area contributed by atoms with Gasteiger partial charge in [-0.1, -0.05) is 18.2 Å². The van der Waals surface area contributed by atoms with Crippen molar-refractivity contribution in [2.75, 3.05) is 26.6 Å². The predicted molar refractivity (Wildman–Crippen MR) is 116 cm³/mol. The van der Waals surface area contributed by atoms with Gasteiger partial charge in [0.25, 0.3) is 0 Å². The van der Waals surface area contributed by atoms with Crippen LogP contribution in [-0.4, -0.2) is 27.2 Å². The number of hydrogen-bond donors (Lipinski definition) is 1. The molecule has 0 aromatic heterocycles. The lowest BCUT2D eigenvalue weighted by Crippen LogP contribution is -2.12. The zero-order valence-electron chi connectivity index (χ0n) is 17.3. The predicted octanol–water partition coefficient (Wildman–Crippen LogP) is 5.08. The van der Waals surface area contributed by atoms with E-state index in [1.807, 2.05) is 42.5 Å². The van der Waals surface area contributed by atoms with Crippen molar-refractivity contribution in [1.29, 1.82) is 0 Å². The number of hydrogen-bond acceptors (Lipinski definition) is 5. The zero-order valence-corrected chi connectivity index (χ0v) is 17.3. The third kappa shape index (κ3) is 5.44. The minimum absolute atomic E-state index is 0.0665. The van der Waals surface area contributed by atoms with Gasteiger partial charge >= 0.3 is 0 Å². The number of carbonyl (C=O) groups is 1. The monoisotopic (exact) mass is 407 g/mol. The van der Waals surface area contributed by atoms with E-state index in [1.165, 1.54) is 0 Å². The number of aryl methyl sites for hydroxylation is 1. The SMILES string of the molecule is COc1ccc(CCC(=O)Nc2ccc(Oc3ccccc3OC)cc2)cc1OC. The zero-order chi connectivity index (χ0) is 21.3. The van der Waals surface area contributed by atoms with Crippen LogP contribution in [0.1, 0.15) is 12.0 Å². The van der Waals surface area contributed by atoms with Crippen LogP contribution in [0.4, 0.5) is 5.69 Å². The number of amides is 1. The van der Waals surface area contributed by atoms with E-state index in [2.05, 4.69) is 5.32 Å². The highest BCUT2D eigenvalue weighted by Gasteiger charge is 2.08. The molecule has 0 heterocycles. The highest BCUT2D eigenvalue weighted by atomic mass is 16.5. The summed E-state index contributed by atoms with van der Waals surface area (Å²) in [5.74, 6) is 3.20. The van der Waals surface area contributed by atoms with E-state index in [-0.39, 0.29) is 5.91 Å². The molecule has 3 aromatic rings. The Bertz CT molecular complexity index is 985. The first kappa shape index (κ1) is 21.0. The number of para-hydroxylation sites is 2. The second-order valence-corrected chi connectivity index (χ2v) is 6.51. The van der Waals surface area contributed by atoms with Gasteiger partial charge in [0.15, 0.2) is 23.0 Å². The smallest absolute Gasteiger partial charge is 0.224 e. The van der Waals surface area contributed by atoms with Crippen LogP contribution in [0.5, 0.6) is 28.7 Å². The number of rotatable bonds is 9. The number of methoxy groups -OCH3 is 3. The fourth-order valence-corrected chi connectivity index (χ4v) is 2.95. The number of ether oxygens (including phenoxy) is 4. The molecule has 0 saturated carbocycles. The summed E-state index contributed by atoms with van der Waals surface area (Å²) in [6, 6.07) is 20.3. The summed E-state index contributed by atoms with van der Waals surface area (Å²) >= 11 is 0. The maximum atomic E-state index is 12.3. The van der Waals surface area contributed by atoms with Crippen LogP contribution in [0.3, 0.4) is 0 Å². The molecular weight excluding hydrogens is 382 g/mol. The number of nitrogens with one attached hydrogen (secondary N) is 1. The Morgan fingerprint density at radius 1 is 0.767 bits per heavy atom. The van der Waals surface area contributed by atoms with Crippen LogP contribution >= 0.6 is 0 Å². The van der Waals surface area contributed by atoms with Gasteiger partial charge in [-0.3, -0.25) is 4.79 Å². The molecule has 0 unspecified atom stereocenters. The number of benzene rings is 3. The van der Waals surface area contributed by atoms with Gasteiger partial charge in [-0.15, -0.1) is 0 Å². The van der Waals surface area contributed by atoms with Gasteiger partial charge in [0.05, 0.1) is 21.3 Å². The number of carbonyl (C=O) groups excluding carboxylic acids is 1. The third-order valence-corrected chi connectivity index (χ3v) is 4.52. The molecule has 0 aliphatic carbocycles. The molecule has 0 atom stereocenters. The standard InChI is InChI=1S/C24H25NO5/c1-27-20-6-4-5-7-22(20)30-19-12-10-18(11-13-19)25-24(26)15-9-17-8-14-21(28-2)23(16-17)29-3/h4-8,10-14,16H,9,15H2,1-3H3,(H,25,26). The molecule has 156 valence electrons. The fourth-order valence-electron chi connectivity index (χ4n) is 2.95. The van der Waals surface area contributed by atoms with Crippen molar-refractivity contribution >= 4 is 11.6 Å². The molecule has 3 rings (SSSR count). The van der Waals surface area contributed by atoms with Crippen LogP contribution < -0.4 is 24.3 Å². The first-order valence-corrected chi connectivity index (χ1v) is 9.54. The summed E-state index contributed by atoms with van der Waals surface area (Å²) in [6.45, 7) is 0. The third-order valence-electron chi connectivity index (χ3n) is 4.52. The molecule has 0 bridgehead atoms. The Kier molecular flexibility index (Phi) is 7.16. The van der Waals surface area contributed by atoms with Gasteiger partial charge in [0, 0.05) is 12.1 Å². The molecule has 3 aromatic carbocycles. The van der Waals surface area contributed by atoms with Gasteiger partial charge in [-0.05, 0) is 60.5 Å². The minimum Gasteiger partial charge on any atom is -0.493 e. The van der Waals surface area contributed by atoms with Crippen LogP contribution in [0.25, 0.3) is 0 Å². The van der Waals surface area contributed by atoms with Crippen LogP contribution in [0.2, 0.25) is 0 Å². The fraction of sp³-hybridized carbons (Fsp3) is 0.208. The number of anilines is 1. The van der Waals surface area contributed by atoms with E-state index in [1.54, 1.807) is 45.6 Å². The minimum atomic E-state index is -0.0665. The maximum Gasteiger partial charge on any atom is 0.224 e. The average molecular weight is 407 g/mol. The summed E-state index contributed by atoms with van der Waals surface area (Å²) in [5.41, 5.74) is 1.71. The van der Waals surface area contributed by atoms with Crippen molar-refractivity contribution in [3.8, 4) is 28.7 Å². The molecule has 6 nitrogen and oxygen atoms in total. The molecular formula is C24H25NO5. The van der Waals surface area contributed by atoms with Crippen molar-refractivity contribution in [2.24, 2.45) is 0 Å². The van der Waals surface area contributed by atoms with Crippen LogP contribution in [0.15, 0.2) is 66.7 Å². The van der Waals surface area contributed by atoms with E-state index in [4.69, 9.17) is 18.9 Å². The van der Waals surface area contributed by atoms with Crippen molar-refractivity contribution in [3.05, 3.63) is 72.3 Å². The molecule has 1 N–H and O–H groups in total. The van der Waals surface area contributed by atoms with Crippen molar-refractivity contribution < 1.29 is 23.7 Å². The summed E-state index contributed by atoms with van der Waals surface area (Å²) in [6.07, 6.45) is 0.954. The quantitative estimate of drug-likeness (QED) is 0.536. The van der Waals surface area contributed by atoms with Crippen molar-refractivity contribution in [1.82, 2.24) is 0 Å². The molecule has 0 aliphatic heterocycles. The van der Waals surface area contributed by atoms with E-state index in [0.717, 1.165) is 5.56 Å². The molecule has 0 radical (unpaired) electrons. The van der Waals surface area contributed by atoms with Crippen LogP contribution in [-0.2, 0) is 11.2 Å². The Morgan fingerprint density at radius 2 is 1.40 bits per heavy atom. The second kappa shape index (κ2) is 10.2. The van der Waals surface area contributed by atoms with Gasteiger partial charge in [-0.2, -0.15) is 0 Å².